The molecule has 1 aromatic carbocycles. The minimum atomic E-state index is -0.322. The Morgan fingerprint density at radius 2 is 2.16 bits per heavy atom. The predicted molar refractivity (Wildman–Crippen MR) is 72.4 cm³/mol. The van der Waals surface area contributed by atoms with Gasteiger partial charge in [-0.25, -0.2) is 4.39 Å². The van der Waals surface area contributed by atoms with Crippen molar-refractivity contribution >= 4 is 0 Å². The molecule has 0 radical (unpaired) electrons. The lowest BCUT2D eigenvalue weighted by atomic mass is 10.1. The highest BCUT2D eigenvalue weighted by atomic mass is 19.1. The summed E-state index contributed by atoms with van der Waals surface area (Å²) in [6.07, 6.45) is 2.42. The fourth-order valence-corrected chi connectivity index (χ4v) is 1.82. The van der Waals surface area contributed by atoms with Gasteiger partial charge in [-0.05, 0) is 25.1 Å². The van der Waals surface area contributed by atoms with Gasteiger partial charge in [0.1, 0.15) is 11.6 Å². The van der Waals surface area contributed by atoms with Gasteiger partial charge in [-0.1, -0.05) is 12.1 Å². The van der Waals surface area contributed by atoms with Crippen LogP contribution in [0.4, 0.5) is 4.39 Å². The number of nitrogens with zero attached hydrogens (tertiary/aromatic N) is 1. The van der Waals surface area contributed by atoms with Crippen molar-refractivity contribution in [1.29, 1.82) is 0 Å². The molecule has 0 saturated carbocycles. The van der Waals surface area contributed by atoms with Gasteiger partial charge in [0, 0.05) is 36.0 Å². The summed E-state index contributed by atoms with van der Waals surface area (Å²) in [5, 5.41) is 0. The second-order valence-corrected chi connectivity index (χ2v) is 4.39. The first-order chi connectivity index (χ1) is 9.16. The first kappa shape index (κ1) is 13.5. The molecule has 1 aromatic heterocycles. The van der Waals surface area contributed by atoms with Crippen LogP contribution in [0.3, 0.4) is 0 Å². The fraction of sp³-hybridized carbons (Fsp3) is 0.267. The van der Waals surface area contributed by atoms with Gasteiger partial charge in [-0.3, -0.25) is 4.98 Å². The molecule has 100 valence electrons. The van der Waals surface area contributed by atoms with E-state index in [1.807, 2.05) is 25.1 Å². The van der Waals surface area contributed by atoms with Crippen molar-refractivity contribution in [3.8, 4) is 5.75 Å². The number of aromatic nitrogens is 1. The number of nitrogens with two attached hydrogens (primary N) is 1. The minimum Gasteiger partial charge on any atom is -0.493 e. The van der Waals surface area contributed by atoms with E-state index in [1.54, 1.807) is 12.3 Å². The molecular weight excluding hydrogens is 243 g/mol. The lowest BCUT2D eigenvalue weighted by molar-refractivity contribution is 0.314. The summed E-state index contributed by atoms with van der Waals surface area (Å²) in [4.78, 5) is 4.21. The van der Waals surface area contributed by atoms with Crippen molar-refractivity contribution in [3.63, 3.8) is 0 Å². The monoisotopic (exact) mass is 260 g/mol. The summed E-state index contributed by atoms with van der Waals surface area (Å²) in [7, 11) is 0. The topological polar surface area (TPSA) is 48.1 Å². The van der Waals surface area contributed by atoms with Crippen molar-refractivity contribution in [1.82, 2.24) is 4.98 Å². The van der Waals surface area contributed by atoms with Crippen molar-refractivity contribution in [2.24, 2.45) is 5.73 Å². The van der Waals surface area contributed by atoms with E-state index in [9.17, 15) is 4.39 Å². The van der Waals surface area contributed by atoms with E-state index in [1.165, 1.54) is 12.1 Å². The predicted octanol–water partition coefficient (Wildman–Crippen LogP) is 2.86. The third-order valence-electron chi connectivity index (χ3n) is 2.81. The molecule has 0 aliphatic heterocycles. The molecule has 1 atom stereocenters. The molecule has 19 heavy (non-hydrogen) atoms. The molecule has 2 aromatic rings. The van der Waals surface area contributed by atoms with E-state index in [4.69, 9.17) is 10.5 Å². The molecule has 0 fully saturated rings. The molecular formula is C15H17FN2O. The Morgan fingerprint density at radius 1 is 1.32 bits per heavy atom. The first-order valence-corrected chi connectivity index (χ1v) is 6.24. The van der Waals surface area contributed by atoms with Gasteiger partial charge in [0.25, 0.3) is 0 Å². The Kier molecular flexibility index (Phi) is 4.47. The fourth-order valence-electron chi connectivity index (χ4n) is 1.82. The zero-order valence-corrected chi connectivity index (χ0v) is 10.8. The van der Waals surface area contributed by atoms with Gasteiger partial charge in [-0.2, -0.15) is 0 Å². The Labute approximate surface area is 112 Å². The summed E-state index contributed by atoms with van der Waals surface area (Å²) < 4.78 is 18.9. The highest BCUT2D eigenvalue weighted by Crippen LogP contribution is 2.24. The number of rotatable bonds is 5. The molecule has 2 N–H and O–H groups in total. The smallest absolute Gasteiger partial charge is 0.126 e. The highest BCUT2D eigenvalue weighted by molar-refractivity contribution is 5.36. The van der Waals surface area contributed by atoms with Gasteiger partial charge in [0.05, 0.1) is 6.61 Å². The number of benzene rings is 1. The van der Waals surface area contributed by atoms with Gasteiger partial charge in [0.2, 0.25) is 0 Å². The molecule has 0 spiro atoms. The van der Waals surface area contributed by atoms with Crippen LogP contribution in [0.1, 0.15) is 24.2 Å². The molecule has 0 amide bonds. The lowest BCUT2D eigenvalue weighted by Crippen LogP contribution is -2.10. The summed E-state index contributed by atoms with van der Waals surface area (Å²) >= 11 is 0. The van der Waals surface area contributed by atoms with Crippen molar-refractivity contribution in [3.05, 3.63) is 59.7 Å². The van der Waals surface area contributed by atoms with Gasteiger partial charge < -0.3 is 10.5 Å². The van der Waals surface area contributed by atoms with Crippen LogP contribution >= 0.6 is 0 Å². The van der Waals surface area contributed by atoms with Gasteiger partial charge >= 0.3 is 0 Å². The van der Waals surface area contributed by atoms with Gasteiger partial charge in [-0.15, -0.1) is 0 Å². The van der Waals surface area contributed by atoms with Crippen LogP contribution in [0.15, 0.2) is 42.6 Å². The molecule has 0 aliphatic carbocycles. The molecule has 1 heterocycles. The summed E-state index contributed by atoms with van der Waals surface area (Å²) in [6, 6.07) is 9.97. The molecule has 0 saturated heterocycles. The average molecular weight is 260 g/mol. The highest BCUT2D eigenvalue weighted by Gasteiger charge is 2.09. The van der Waals surface area contributed by atoms with Crippen LogP contribution in [0.2, 0.25) is 0 Å². The maximum absolute atomic E-state index is 13.2. The first-order valence-electron chi connectivity index (χ1n) is 6.24. The summed E-state index contributed by atoms with van der Waals surface area (Å²) in [5.41, 5.74) is 7.59. The maximum atomic E-state index is 13.2. The van der Waals surface area contributed by atoms with E-state index in [0.717, 1.165) is 11.3 Å². The largest absolute Gasteiger partial charge is 0.493 e. The van der Waals surface area contributed by atoms with Crippen molar-refractivity contribution in [2.45, 2.75) is 19.4 Å². The van der Waals surface area contributed by atoms with Crippen LogP contribution in [-0.2, 0) is 6.42 Å². The molecule has 0 aliphatic rings. The van der Waals surface area contributed by atoms with Crippen LogP contribution in [0.5, 0.6) is 5.75 Å². The van der Waals surface area contributed by atoms with E-state index >= 15 is 0 Å². The van der Waals surface area contributed by atoms with Crippen LogP contribution < -0.4 is 10.5 Å². The SMILES string of the molecule is CC(N)c1ccc(F)cc1OCCc1ccccn1. The number of hydrogen-bond acceptors (Lipinski definition) is 3. The van der Waals surface area contributed by atoms with Crippen LogP contribution in [0, 0.1) is 5.82 Å². The van der Waals surface area contributed by atoms with Crippen molar-refractivity contribution < 1.29 is 9.13 Å². The minimum absolute atomic E-state index is 0.189. The Morgan fingerprint density at radius 3 is 2.84 bits per heavy atom. The zero-order valence-electron chi connectivity index (χ0n) is 10.8. The molecule has 3 nitrogen and oxygen atoms in total. The van der Waals surface area contributed by atoms with E-state index in [2.05, 4.69) is 4.98 Å². The summed E-state index contributed by atoms with van der Waals surface area (Å²) in [5.74, 6) is 0.183. The average Bonchev–Trinajstić information content (AvgIpc) is 2.39. The molecule has 2 rings (SSSR count). The standard InChI is InChI=1S/C15H17FN2O/c1-11(17)14-6-5-12(16)10-15(14)19-9-7-13-4-2-3-8-18-13/h2-6,8,10-11H,7,9,17H2,1H3. The van der Waals surface area contributed by atoms with E-state index in [0.29, 0.717) is 18.8 Å². The maximum Gasteiger partial charge on any atom is 0.126 e. The number of pyridine rings is 1. The Bertz CT molecular complexity index is 529. The normalized spacial score (nSPS) is 12.2. The third-order valence-corrected chi connectivity index (χ3v) is 2.81. The second-order valence-electron chi connectivity index (χ2n) is 4.39. The Hall–Kier alpha value is -1.94. The molecule has 0 bridgehead atoms. The zero-order chi connectivity index (χ0) is 13.7. The Balaban J connectivity index is 2.01. The van der Waals surface area contributed by atoms with Crippen LogP contribution in [-0.4, -0.2) is 11.6 Å². The number of halogens is 1. The van der Waals surface area contributed by atoms with Crippen molar-refractivity contribution in [2.75, 3.05) is 6.61 Å². The quantitative estimate of drug-likeness (QED) is 0.899. The number of hydrogen-bond donors (Lipinski definition) is 1. The molecule has 4 heteroatoms. The summed E-state index contributed by atoms with van der Waals surface area (Å²) in [6.45, 7) is 2.29. The number of ether oxygens (including phenoxy) is 1. The van der Waals surface area contributed by atoms with E-state index < -0.39 is 0 Å². The molecule has 1 unspecified atom stereocenters. The second kappa shape index (κ2) is 6.29. The lowest BCUT2D eigenvalue weighted by Gasteiger charge is -2.14. The third kappa shape index (κ3) is 3.76. The van der Waals surface area contributed by atoms with E-state index in [-0.39, 0.29) is 11.9 Å². The van der Waals surface area contributed by atoms with Gasteiger partial charge in [0.15, 0.2) is 0 Å². The van der Waals surface area contributed by atoms with Crippen LogP contribution in [0.25, 0.3) is 0 Å².